The zero-order chi connectivity index (χ0) is 14.6. The number of nitrogens with one attached hydrogen (secondary N) is 1. The summed E-state index contributed by atoms with van der Waals surface area (Å²) in [5.41, 5.74) is 1.86. The first-order valence-corrected chi connectivity index (χ1v) is 7.02. The van der Waals surface area contributed by atoms with Gasteiger partial charge in [-0.25, -0.2) is 4.79 Å². The second kappa shape index (κ2) is 8.00. The highest BCUT2D eigenvalue weighted by molar-refractivity contribution is 6.30. The van der Waals surface area contributed by atoms with E-state index in [1.165, 1.54) is 5.57 Å². The van der Waals surface area contributed by atoms with Gasteiger partial charge in [0.2, 0.25) is 0 Å². The molecule has 2 rings (SSSR count). The van der Waals surface area contributed by atoms with Crippen LogP contribution in [0, 0.1) is 0 Å². The maximum absolute atomic E-state index is 11.7. The van der Waals surface area contributed by atoms with Crippen molar-refractivity contribution in [3.63, 3.8) is 0 Å². The van der Waals surface area contributed by atoms with Gasteiger partial charge in [-0.2, -0.15) is 0 Å². The van der Waals surface area contributed by atoms with Gasteiger partial charge in [0.1, 0.15) is 6.61 Å². The molecule has 1 aromatic carbocycles. The lowest BCUT2D eigenvalue weighted by atomic mass is 10.1. The summed E-state index contributed by atoms with van der Waals surface area (Å²) in [5, 5.41) is 3.31. The van der Waals surface area contributed by atoms with E-state index in [9.17, 15) is 4.79 Å². The van der Waals surface area contributed by atoms with Crippen LogP contribution in [0.5, 0.6) is 0 Å². The quantitative estimate of drug-likeness (QED) is 0.432. The summed E-state index contributed by atoms with van der Waals surface area (Å²) in [5.74, 6) is 0. The number of carbonyl (C=O) groups is 1. The molecule has 21 heavy (non-hydrogen) atoms. The molecule has 1 heterocycles. The van der Waals surface area contributed by atoms with Crippen LogP contribution in [0.1, 0.15) is 6.42 Å². The van der Waals surface area contributed by atoms with Gasteiger partial charge in [-0.1, -0.05) is 11.6 Å². The van der Waals surface area contributed by atoms with E-state index in [0.29, 0.717) is 17.3 Å². The largest absolute Gasteiger partial charge is 1.00 e. The molecule has 116 valence electrons. The standard InChI is InChI=1S/C15H19ClN2O2.HI/c1-18(2)9-7-12(8-10-18)11-20-15(19)17-14-5-3-13(16)4-6-14;/h3-7H,8-11H2,1-2H3;1H. The predicted octanol–water partition coefficient (Wildman–Crippen LogP) is 0.299. The van der Waals surface area contributed by atoms with Crippen molar-refractivity contribution in [3.05, 3.63) is 40.9 Å². The molecule has 0 saturated carbocycles. The maximum Gasteiger partial charge on any atom is 0.411 e. The Morgan fingerprint density at radius 3 is 2.57 bits per heavy atom. The van der Waals surface area contributed by atoms with E-state index in [-0.39, 0.29) is 24.0 Å². The number of quaternary nitrogens is 1. The van der Waals surface area contributed by atoms with Crippen LogP contribution < -0.4 is 29.3 Å². The Hall–Kier alpha value is -0.790. The van der Waals surface area contributed by atoms with Gasteiger partial charge in [0, 0.05) is 17.1 Å². The van der Waals surface area contributed by atoms with Crippen LogP contribution in [0.2, 0.25) is 5.02 Å². The van der Waals surface area contributed by atoms with Gasteiger partial charge >= 0.3 is 6.09 Å². The van der Waals surface area contributed by atoms with Crippen molar-refractivity contribution in [2.24, 2.45) is 0 Å². The molecule has 0 atom stereocenters. The SMILES string of the molecule is C[N+]1(C)CC=C(COC(=O)Nc2ccc(Cl)cc2)CC1.[I-]. The fourth-order valence-electron chi connectivity index (χ4n) is 1.99. The molecule has 1 aliphatic rings. The van der Waals surface area contributed by atoms with E-state index < -0.39 is 6.09 Å². The van der Waals surface area contributed by atoms with Gasteiger partial charge in [-0.15, -0.1) is 0 Å². The number of amides is 1. The van der Waals surface area contributed by atoms with Crippen molar-refractivity contribution < 1.29 is 38.0 Å². The van der Waals surface area contributed by atoms with Crippen LogP contribution >= 0.6 is 11.6 Å². The topological polar surface area (TPSA) is 38.3 Å². The Kier molecular flexibility index (Phi) is 6.96. The van der Waals surface area contributed by atoms with Crippen molar-refractivity contribution in [1.82, 2.24) is 0 Å². The van der Waals surface area contributed by atoms with Crippen LogP contribution in [0.25, 0.3) is 0 Å². The minimum absolute atomic E-state index is 0. The number of rotatable bonds is 3. The molecule has 1 aliphatic heterocycles. The number of halogens is 2. The number of benzene rings is 1. The van der Waals surface area contributed by atoms with Gasteiger partial charge in [-0.3, -0.25) is 5.32 Å². The lowest BCUT2D eigenvalue weighted by Gasteiger charge is -2.32. The molecule has 4 nitrogen and oxygen atoms in total. The highest BCUT2D eigenvalue weighted by Gasteiger charge is 2.20. The summed E-state index contributed by atoms with van der Waals surface area (Å²) in [6, 6.07) is 6.93. The Bertz CT molecular complexity index is 515. The Morgan fingerprint density at radius 1 is 1.33 bits per heavy atom. The molecule has 0 bridgehead atoms. The average molecular weight is 423 g/mol. The Labute approximate surface area is 147 Å². The average Bonchev–Trinajstić information content (AvgIpc) is 2.40. The maximum atomic E-state index is 11.7. The number of hydrogen-bond acceptors (Lipinski definition) is 2. The molecule has 6 heteroatoms. The number of nitrogens with zero attached hydrogens (tertiary/aromatic N) is 1. The highest BCUT2D eigenvalue weighted by Crippen LogP contribution is 2.16. The fraction of sp³-hybridized carbons (Fsp3) is 0.400. The van der Waals surface area contributed by atoms with Crippen molar-refractivity contribution in [2.75, 3.05) is 39.1 Å². The summed E-state index contributed by atoms with van der Waals surface area (Å²) in [7, 11) is 4.39. The summed E-state index contributed by atoms with van der Waals surface area (Å²) in [6.45, 7) is 2.42. The number of anilines is 1. The molecule has 0 aromatic heterocycles. The zero-order valence-electron chi connectivity index (χ0n) is 12.2. The molecule has 0 saturated heterocycles. The van der Waals surface area contributed by atoms with Crippen LogP contribution in [-0.4, -0.2) is 44.4 Å². The van der Waals surface area contributed by atoms with E-state index in [0.717, 1.165) is 24.0 Å². The third kappa shape index (κ3) is 6.23. The summed E-state index contributed by atoms with van der Waals surface area (Å²) in [6.07, 6.45) is 2.70. The van der Waals surface area contributed by atoms with Crippen molar-refractivity contribution in [2.45, 2.75) is 6.42 Å². The number of ether oxygens (including phenoxy) is 1. The second-order valence-electron chi connectivity index (χ2n) is 5.66. The van der Waals surface area contributed by atoms with E-state index >= 15 is 0 Å². The van der Waals surface area contributed by atoms with Gasteiger partial charge in [0.25, 0.3) is 0 Å². The monoisotopic (exact) mass is 422 g/mol. The van der Waals surface area contributed by atoms with Gasteiger partial charge in [0.05, 0.1) is 27.2 Å². The minimum atomic E-state index is -0.437. The smallest absolute Gasteiger partial charge is 0.411 e. The first kappa shape index (κ1) is 18.3. The second-order valence-corrected chi connectivity index (χ2v) is 6.10. The molecule has 0 aliphatic carbocycles. The van der Waals surface area contributed by atoms with Gasteiger partial charge in [-0.05, 0) is 35.9 Å². The fourth-order valence-corrected chi connectivity index (χ4v) is 2.12. The molecule has 0 spiro atoms. The van der Waals surface area contributed by atoms with Crippen LogP contribution in [0.3, 0.4) is 0 Å². The van der Waals surface area contributed by atoms with Gasteiger partial charge in [0.15, 0.2) is 0 Å². The van der Waals surface area contributed by atoms with Crippen molar-refractivity contribution in [3.8, 4) is 0 Å². The number of carbonyl (C=O) groups excluding carboxylic acids is 1. The molecule has 0 fully saturated rings. The number of hydrogen-bond donors (Lipinski definition) is 1. The highest BCUT2D eigenvalue weighted by atomic mass is 127. The van der Waals surface area contributed by atoms with Crippen LogP contribution in [0.4, 0.5) is 10.5 Å². The first-order chi connectivity index (χ1) is 9.44. The lowest BCUT2D eigenvalue weighted by Crippen LogP contribution is -3.00. The third-order valence-electron chi connectivity index (χ3n) is 3.39. The number of likely N-dealkylation sites (N-methyl/N-ethyl adjacent to an activating group) is 1. The molecule has 1 N–H and O–H groups in total. The third-order valence-corrected chi connectivity index (χ3v) is 3.64. The summed E-state index contributed by atoms with van der Waals surface area (Å²) in [4.78, 5) is 11.7. The summed E-state index contributed by atoms with van der Waals surface area (Å²) >= 11 is 5.78. The zero-order valence-corrected chi connectivity index (χ0v) is 15.1. The van der Waals surface area contributed by atoms with Crippen molar-refractivity contribution >= 4 is 23.4 Å². The lowest BCUT2D eigenvalue weighted by molar-refractivity contribution is -0.886. The van der Waals surface area contributed by atoms with Crippen LogP contribution in [0.15, 0.2) is 35.9 Å². The normalized spacial score (nSPS) is 16.4. The predicted molar refractivity (Wildman–Crippen MR) is 81.0 cm³/mol. The molecular weight excluding hydrogens is 403 g/mol. The Morgan fingerprint density at radius 2 is 2.00 bits per heavy atom. The molecule has 1 amide bonds. The van der Waals surface area contributed by atoms with Crippen LogP contribution in [-0.2, 0) is 4.74 Å². The molecule has 0 unspecified atom stereocenters. The van der Waals surface area contributed by atoms with E-state index in [4.69, 9.17) is 16.3 Å². The molecule has 0 radical (unpaired) electrons. The van der Waals surface area contributed by atoms with Gasteiger partial charge < -0.3 is 33.2 Å². The van der Waals surface area contributed by atoms with E-state index in [1.807, 2.05) is 0 Å². The Balaban J connectivity index is 0.00000220. The van der Waals surface area contributed by atoms with E-state index in [1.54, 1.807) is 24.3 Å². The molecular formula is C15H20ClIN2O2. The summed E-state index contributed by atoms with van der Waals surface area (Å²) < 4.78 is 6.21. The minimum Gasteiger partial charge on any atom is -1.00 e. The van der Waals surface area contributed by atoms with Crippen molar-refractivity contribution in [1.29, 1.82) is 0 Å². The first-order valence-electron chi connectivity index (χ1n) is 6.64. The molecule has 1 aromatic rings. The van der Waals surface area contributed by atoms with E-state index in [2.05, 4.69) is 25.5 Å².